The number of hydrogen-bond acceptors (Lipinski definition) is 1. The van der Waals surface area contributed by atoms with Crippen molar-refractivity contribution in [3.05, 3.63) is 27.5 Å². The van der Waals surface area contributed by atoms with Gasteiger partial charge in [0, 0.05) is 9.50 Å². The van der Waals surface area contributed by atoms with Gasteiger partial charge in [-0.2, -0.15) is 13.2 Å². The summed E-state index contributed by atoms with van der Waals surface area (Å²) in [5, 5.41) is 0.340. The predicted octanol–water partition coefficient (Wildman–Crippen LogP) is 4.00. The molecule has 0 aliphatic heterocycles. The minimum atomic E-state index is -4.48. The molecule has 0 saturated carbocycles. The zero-order valence-corrected chi connectivity index (χ0v) is 9.33. The highest BCUT2D eigenvalue weighted by Crippen LogP contribution is 2.32. The molecule has 2 aromatic rings. The quantitative estimate of drug-likeness (QED) is 0.782. The maximum Gasteiger partial charge on any atom is 0.449 e. The van der Waals surface area contributed by atoms with Gasteiger partial charge in [0.2, 0.25) is 5.82 Å². The molecule has 1 aromatic heterocycles. The number of nitrogens with zero attached hydrogens (tertiary/aromatic N) is 1. The van der Waals surface area contributed by atoms with Crippen LogP contribution in [0.1, 0.15) is 5.82 Å². The summed E-state index contributed by atoms with van der Waals surface area (Å²) in [4.78, 5) is 5.61. The molecule has 15 heavy (non-hydrogen) atoms. The lowest BCUT2D eigenvalue weighted by atomic mass is 10.3. The van der Waals surface area contributed by atoms with E-state index in [4.69, 9.17) is 11.6 Å². The summed E-state index contributed by atoms with van der Waals surface area (Å²) in [6.45, 7) is 0. The Kier molecular flexibility index (Phi) is 2.42. The Labute approximate surface area is 95.6 Å². The van der Waals surface area contributed by atoms with Gasteiger partial charge in [0.15, 0.2) is 0 Å². The number of benzene rings is 1. The minimum Gasteiger partial charge on any atom is -0.334 e. The number of hydrogen-bond donors (Lipinski definition) is 1. The summed E-state index contributed by atoms with van der Waals surface area (Å²) in [6, 6.07) is 2.88. The molecule has 0 bridgehead atoms. The van der Waals surface area contributed by atoms with Gasteiger partial charge in [0.1, 0.15) is 5.52 Å². The zero-order chi connectivity index (χ0) is 11.2. The Balaban J connectivity index is 2.71. The number of nitrogens with one attached hydrogen (secondary N) is 1. The molecule has 0 saturated heterocycles. The highest BCUT2D eigenvalue weighted by molar-refractivity contribution is 9.10. The zero-order valence-electron chi connectivity index (χ0n) is 6.99. The Hall–Kier alpha value is -0.750. The Morgan fingerprint density at radius 2 is 2.00 bits per heavy atom. The smallest absolute Gasteiger partial charge is 0.334 e. The molecular formula is C8H3BrClF3N2. The van der Waals surface area contributed by atoms with Crippen LogP contribution in [0.25, 0.3) is 11.0 Å². The minimum absolute atomic E-state index is 0.215. The SMILES string of the molecule is FC(F)(F)c1nc2c(Br)cc(Cl)cc2[nH]1. The van der Waals surface area contributed by atoms with Gasteiger partial charge in [-0.3, -0.25) is 0 Å². The topological polar surface area (TPSA) is 28.7 Å². The maximum atomic E-state index is 12.3. The van der Waals surface area contributed by atoms with Crippen LogP contribution in [0.4, 0.5) is 13.2 Å². The fourth-order valence-electron chi connectivity index (χ4n) is 1.18. The third-order valence-corrected chi connectivity index (χ3v) is 2.60. The van der Waals surface area contributed by atoms with E-state index in [1.54, 1.807) is 0 Å². The van der Waals surface area contributed by atoms with Gasteiger partial charge in [-0.15, -0.1) is 0 Å². The molecule has 2 nitrogen and oxygen atoms in total. The number of halogens is 5. The van der Waals surface area contributed by atoms with Crippen LogP contribution in [-0.2, 0) is 6.18 Å². The number of fused-ring (bicyclic) bond motifs is 1. The molecule has 0 spiro atoms. The fourth-order valence-corrected chi connectivity index (χ4v) is 2.08. The molecule has 0 fully saturated rings. The molecule has 0 aliphatic rings. The second kappa shape index (κ2) is 3.38. The molecule has 1 heterocycles. The van der Waals surface area contributed by atoms with Crippen LogP contribution in [0.5, 0.6) is 0 Å². The molecule has 0 radical (unpaired) electrons. The van der Waals surface area contributed by atoms with E-state index in [0.29, 0.717) is 9.50 Å². The third-order valence-electron chi connectivity index (χ3n) is 1.77. The second-order valence-corrected chi connectivity index (χ2v) is 4.16. The first-order chi connectivity index (χ1) is 6.88. The summed E-state index contributed by atoms with van der Waals surface area (Å²) in [5.41, 5.74) is 0.466. The molecule has 0 aliphatic carbocycles. The lowest BCUT2D eigenvalue weighted by Gasteiger charge is -1.98. The van der Waals surface area contributed by atoms with Crippen LogP contribution in [0.15, 0.2) is 16.6 Å². The van der Waals surface area contributed by atoms with Crippen molar-refractivity contribution >= 4 is 38.6 Å². The average molecular weight is 299 g/mol. The van der Waals surface area contributed by atoms with E-state index in [1.165, 1.54) is 12.1 Å². The average Bonchev–Trinajstić information content (AvgIpc) is 2.46. The first-order valence-electron chi connectivity index (χ1n) is 3.80. The van der Waals surface area contributed by atoms with Crippen molar-refractivity contribution < 1.29 is 13.2 Å². The van der Waals surface area contributed by atoms with Gasteiger partial charge in [-0.25, -0.2) is 4.98 Å². The third kappa shape index (κ3) is 1.96. The van der Waals surface area contributed by atoms with Crippen LogP contribution in [0.2, 0.25) is 5.02 Å². The maximum absolute atomic E-state index is 12.3. The van der Waals surface area contributed by atoms with Gasteiger partial charge < -0.3 is 4.98 Å². The summed E-state index contributed by atoms with van der Waals surface area (Å²) in [6.07, 6.45) is -4.48. The number of alkyl halides is 3. The molecule has 2 rings (SSSR count). The molecule has 7 heteroatoms. The first-order valence-corrected chi connectivity index (χ1v) is 4.97. The van der Waals surface area contributed by atoms with Crippen LogP contribution < -0.4 is 0 Å². The molecule has 80 valence electrons. The van der Waals surface area contributed by atoms with Crippen LogP contribution >= 0.6 is 27.5 Å². The molecule has 0 atom stereocenters. The number of rotatable bonds is 0. The Bertz CT molecular complexity index is 520. The van der Waals surface area contributed by atoms with Gasteiger partial charge in [0.25, 0.3) is 0 Å². The van der Waals surface area contributed by atoms with Crippen molar-refractivity contribution in [3.8, 4) is 0 Å². The van der Waals surface area contributed by atoms with Crippen molar-refractivity contribution in [1.82, 2.24) is 9.97 Å². The van der Waals surface area contributed by atoms with Gasteiger partial charge >= 0.3 is 6.18 Å². The largest absolute Gasteiger partial charge is 0.449 e. The summed E-state index contributed by atoms with van der Waals surface area (Å²) < 4.78 is 37.4. The number of H-pyrrole nitrogens is 1. The van der Waals surface area contributed by atoms with Crippen molar-refractivity contribution in [2.45, 2.75) is 6.18 Å². The standard InChI is InChI=1S/C8H3BrClF3N2/c9-4-1-3(10)2-5-6(4)15-7(14-5)8(11,12)13/h1-2H,(H,14,15). The predicted molar refractivity (Wildman–Crippen MR) is 53.8 cm³/mol. The molecule has 0 amide bonds. The fraction of sp³-hybridized carbons (Fsp3) is 0.125. The van der Waals surface area contributed by atoms with Crippen molar-refractivity contribution in [2.75, 3.05) is 0 Å². The lowest BCUT2D eigenvalue weighted by molar-refractivity contribution is -0.144. The Morgan fingerprint density at radius 1 is 1.33 bits per heavy atom. The highest BCUT2D eigenvalue weighted by Gasteiger charge is 2.34. The number of imidazole rings is 1. The summed E-state index contributed by atoms with van der Waals surface area (Å²) in [7, 11) is 0. The van der Waals surface area contributed by atoms with Crippen molar-refractivity contribution in [1.29, 1.82) is 0 Å². The highest BCUT2D eigenvalue weighted by atomic mass is 79.9. The van der Waals surface area contributed by atoms with E-state index in [-0.39, 0.29) is 11.0 Å². The molecular weight excluding hydrogens is 296 g/mol. The Morgan fingerprint density at radius 3 is 2.60 bits per heavy atom. The molecule has 1 N–H and O–H groups in total. The van der Waals surface area contributed by atoms with E-state index >= 15 is 0 Å². The van der Waals surface area contributed by atoms with Crippen molar-refractivity contribution in [2.24, 2.45) is 0 Å². The van der Waals surface area contributed by atoms with Gasteiger partial charge in [-0.1, -0.05) is 11.6 Å². The second-order valence-electron chi connectivity index (χ2n) is 2.87. The van der Waals surface area contributed by atoms with Crippen molar-refractivity contribution in [3.63, 3.8) is 0 Å². The van der Waals surface area contributed by atoms with Gasteiger partial charge in [0.05, 0.1) is 5.52 Å². The lowest BCUT2D eigenvalue weighted by Crippen LogP contribution is -2.06. The van der Waals surface area contributed by atoms with E-state index in [1.807, 2.05) is 0 Å². The first kappa shape index (κ1) is 10.8. The normalized spacial score (nSPS) is 12.3. The summed E-state index contributed by atoms with van der Waals surface area (Å²) >= 11 is 8.78. The van der Waals surface area contributed by atoms with E-state index in [9.17, 15) is 13.2 Å². The van der Waals surface area contributed by atoms with Crippen LogP contribution in [0.3, 0.4) is 0 Å². The van der Waals surface area contributed by atoms with E-state index < -0.39 is 12.0 Å². The molecule has 1 aromatic carbocycles. The van der Waals surface area contributed by atoms with Gasteiger partial charge in [-0.05, 0) is 28.1 Å². The number of aromatic amines is 1. The number of aromatic nitrogens is 2. The molecule has 0 unspecified atom stereocenters. The summed E-state index contributed by atoms with van der Waals surface area (Å²) in [5.74, 6) is -1.03. The van der Waals surface area contributed by atoms with Crippen LogP contribution in [0, 0.1) is 0 Å². The van der Waals surface area contributed by atoms with E-state index in [0.717, 1.165) is 0 Å². The monoisotopic (exact) mass is 298 g/mol. The van der Waals surface area contributed by atoms with E-state index in [2.05, 4.69) is 25.9 Å². The van der Waals surface area contributed by atoms with Crippen LogP contribution in [-0.4, -0.2) is 9.97 Å².